The first-order chi connectivity index (χ1) is 6.35. The zero-order chi connectivity index (χ0) is 10.9. The number of hydrogen-bond donors (Lipinski definition) is 2. The lowest BCUT2D eigenvalue weighted by atomic mass is 10.1. The maximum absolute atomic E-state index is 13.3. The predicted molar refractivity (Wildman–Crippen MR) is 48.8 cm³/mol. The number of alkyl halides is 2. The van der Waals surface area contributed by atoms with Crippen LogP contribution in [0.2, 0.25) is 4.34 Å². The summed E-state index contributed by atoms with van der Waals surface area (Å²) in [6, 6.07) is 0.0806. The summed E-state index contributed by atoms with van der Waals surface area (Å²) < 4.78 is 26.7. The number of carbonyl (C=O) groups is 1. The largest absolute Gasteiger partial charge is 0.480 e. The molecule has 1 rings (SSSR count). The standard InChI is InChI=1S/C7H6ClF2NO2S/c8-4-2-1-3(14-4)7(9,10)5(11)6(12)13/h1-2,5H,11H2,(H,12,13). The smallest absolute Gasteiger partial charge is 0.327 e. The van der Waals surface area contributed by atoms with Gasteiger partial charge in [0.1, 0.15) is 0 Å². The van der Waals surface area contributed by atoms with Gasteiger partial charge in [-0.1, -0.05) is 11.6 Å². The Labute approximate surface area is 87.1 Å². The lowest BCUT2D eigenvalue weighted by Gasteiger charge is -2.18. The minimum atomic E-state index is -3.59. The van der Waals surface area contributed by atoms with Crippen LogP contribution in [0.25, 0.3) is 0 Å². The first-order valence-electron chi connectivity index (χ1n) is 3.47. The molecule has 1 unspecified atom stereocenters. The van der Waals surface area contributed by atoms with E-state index in [2.05, 4.69) is 0 Å². The minimum absolute atomic E-state index is 0.164. The van der Waals surface area contributed by atoms with E-state index >= 15 is 0 Å². The average Bonchev–Trinajstić information content (AvgIpc) is 2.50. The zero-order valence-electron chi connectivity index (χ0n) is 6.71. The Bertz CT molecular complexity index is 355. The molecule has 0 aliphatic heterocycles. The molecule has 1 aromatic rings. The minimum Gasteiger partial charge on any atom is -0.480 e. The first kappa shape index (κ1) is 11.4. The van der Waals surface area contributed by atoms with Crippen molar-refractivity contribution in [2.75, 3.05) is 0 Å². The first-order valence-corrected chi connectivity index (χ1v) is 4.67. The van der Waals surface area contributed by atoms with Crippen LogP contribution in [0, 0.1) is 0 Å². The van der Waals surface area contributed by atoms with E-state index in [9.17, 15) is 13.6 Å². The Kier molecular flexibility index (Phi) is 3.08. The van der Waals surface area contributed by atoms with Gasteiger partial charge in [0.15, 0.2) is 6.04 Å². The van der Waals surface area contributed by atoms with Gasteiger partial charge in [-0.2, -0.15) is 8.78 Å². The van der Waals surface area contributed by atoms with E-state index in [-0.39, 0.29) is 4.34 Å². The number of carboxylic acid groups (broad SMARTS) is 1. The third-order valence-corrected chi connectivity index (χ3v) is 2.88. The lowest BCUT2D eigenvalue weighted by Crippen LogP contribution is -2.44. The molecule has 78 valence electrons. The molecule has 1 aromatic heterocycles. The molecule has 7 heteroatoms. The van der Waals surface area contributed by atoms with Gasteiger partial charge < -0.3 is 10.8 Å². The molecule has 0 aliphatic rings. The fourth-order valence-electron chi connectivity index (χ4n) is 0.802. The molecule has 3 N–H and O–H groups in total. The molecule has 0 bridgehead atoms. The second kappa shape index (κ2) is 3.80. The molecule has 0 aliphatic carbocycles. The number of rotatable bonds is 3. The van der Waals surface area contributed by atoms with Crippen molar-refractivity contribution in [1.29, 1.82) is 0 Å². The van der Waals surface area contributed by atoms with Crippen molar-refractivity contribution in [2.24, 2.45) is 5.73 Å². The normalized spacial score (nSPS) is 14.0. The van der Waals surface area contributed by atoms with Crippen LogP contribution in [0.4, 0.5) is 8.78 Å². The highest BCUT2D eigenvalue weighted by atomic mass is 35.5. The molecule has 14 heavy (non-hydrogen) atoms. The van der Waals surface area contributed by atoms with Crippen molar-refractivity contribution < 1.29 is 18.7 Å². The molecule has 0 spiro atoms. The Morgan fingerprint density at radius 2 is 2.21 bits per heavy atom. The van der Waals surface area contributed by atoms with Gasteiger partial charge in [0.25, 0.3) is 0 Å². The van der Waals surface area contributed by atoms with Gasteiger partial charge in [-0.3, -0.25) is 4.79 Å². The van der Waals surface area contributed by atoms with Crippen molar-refractivity contribution in [3.63, 3.8) is 0 Å². The van der Waals surface area contributed by atoms with E-state index < -0.39 is 22.8 Å². The number of halogens is 3. The number of hydrogen-bond acceptors (Lipinski definition) is 3. The molecule has 0 fully saturated rings. The summed E-state index contributed by atoms with van der Waals surface area (Å²) in [7, 11) is 0. The summed E-state index contributed by atoms with van der Waals surface area (Å²) in [6.07, 6.45) is 0. The zero-order valence-corrected chi connectivity index (χ0v) is 8.28. The van der Waals surface area contributed by atoms with Crippen LogP contribution >= 0.6 is 22.9 Å². The topological polar surface area (TPSA) is 63.3 Å². The molecule has 0 amide bonds. The van der Waals surface area contributed by atoms with Crippen LogP contribution < -0.4 is 5.73 Å². The maximum atomic E-state index is 13.3. The molecular weight excluding hydrogens is 236 g/mol. The van der Waals surface area contributed by atoms with Crippen LogP contribution in [0.15, 0.2) is 12.1 Å². The van der Waals surface area contributed by atoms with E-state index in [1.165, 1.54) is 6.07 Å². The molecule has 1 heterocycles. The van der Waals surface area contributed by atoms with Gasteiger partial charge in [-0.25, -0.2) is 0 Å². The lowest BCUT2D eigenvalue weighted by molar-refractivity contribution is -0.149. The van der Waals surface area contributed by atoms with Crippen LogP contribution in [-0.4, -0.2) is 17.1 Å². The highest BCUT2D eigenvalue weighted by molar-refractivity contribution is 7.16. The van der Waals surface area contributed by atoms with Gasteiger partial charge in [0, 0.05) is 0 Å². The van der Waals surface area contributed by atoms with E-state index in [0.717, 1.165) is 6.07 Å². The molecule has 0 saturated carbocycles. The van der Waals surface area contributed by atoms with Gasteiger partial charge in [-0.15, -0.1) is 11.3 Å². The fraction of sp³-hybridized carbons (Fsp3) is 0.286. The average molecular weight is 242 g/mol. The van der Waals surface area contributed by atoms with E-state index in [0.29, 0.717) is 11.3 Å². The van der Waals surface area contributed by atoms with E-state index in [4.69, 9.17) is 22.4 Å². The second-order valence-electron chi connectivity index (χ2n) is 2.54. The molecule has 0 aromatic carbocycles. The third kappa shape index (κ3) is 2.02. The monoisotopic (exact) mass is 241 g/mol. The second-order valence-corrected chi connectivity index (χ2v) is 4.26. The van der Waals surface area contributed by atoms with Gasteiger partial charge >= 0.3 is 11.9 Å². The van der Waals surface area contributed by atoms with Gasteiger partial charge in [0.2, 0.25) is 0 Å². The molecule has 1 atom stereocenters. The van der Waals surface area contributed by atoms with Crippen LogP contribution in [0.1, 0.15) is 4.88 Å². The van der Waals surface area contributed by atoms with E-state index in [1.54, 1.807) is 0 Å². The number of thiophene rings is 1. The van der Waals surface area contributed by atoms with Crippen LogP contribution in [0.5, 0.6) is 0 Å². The predicted octanol–water partition coefficient (Wildman–Crippen LogP) is 1.91. The molecular formula is C7H6ClF2NO2S. The summed E-state index contributed by atoms with van der Waals surface area (Å²) in [6.45, 7) is 0. The summed E-state index contributed by atoms with van der Waals surface area (Å²) >= 11 is 6.06. The highest BCUT2D eigenvalue weighted by Gasteiger charge is 2.44. The summed E-state index contributed by atoms with van der Waals surface area (Å²) in [5.41, 5.74) is 4.85. The Balaban J connectivity index is 3.01. The third-order valence-electron chi connectivity index (χ3n) is 1.56. The van der Waals surface area contributed by atoms with Crippen LogP contribution in [0.3, 0.4) is 0 Å². The summed E-state index contributed by atoms with van der Waals surface area (Å²) in [4.78, 5) is 9.85. The quantitative estimate of drug-likeness (QED) is 0.850. The van der Waals surface area contributed by atoms with Crippen molar-refractivity contribution in [2.45, 2.75) is 12.0 Å². The Morgan fingerprint density at radius 1 is 1.64 bits per heavy atom. The highest BCUT2D eigenvalue weighted by Crippen LogP contribution is 2.37. The maximum Gasteiger partial charge on any atom is 0.327 e. The molecule has 3 nitrogen and oxygen atoms in total. The SMILES string of the molecule is NC(C(=O)O)C(F)(F)c1ccc(Cl)s1. The van der Waals surface area contributed by atoms with Gasteiger partial charge in [-0.05, 0) is 12.1 Å². The fourth-order valence-corrected chi connectivity index (χ4v) is 1.86. The summed E-state index contributed by atoms with van der Waals surface area (Å²) in [5.74, 6) is -5.34. The summed E-state index contributed by atoms with van der Waals surface area (Å²) in [5, 5.41) is 8.35. The Hall–Kier alpha value is -0.720. The van der Waals surface area contributed by atoms with Crippen molar-refractivity contribution in [3.05, 3.63) is 21.3 Å². The molecule has 0 radical (unpaired) electrons. The number of nitrogens with two attached hydrogens (primary N) is 1. The van der Waals surface area contributed by atoms with Crippen molar-refractivity contribution in [1.82, 2.24) is 0 Å². The van der Waals surface area contributed by atoms with Gasteiger partial charge in [0.05, 0.1) is 9.21 Å². The number of aliphatic carboxylic acids is 1. The van der Waals surface area contributed by atoms with Crippen molar-refractivity contribution in [3.8, 4) is 0 Å². The van der Waals surface area contributed by atoms with Crippen molar-refractivity contribution >= 4 is 28.9 Å². The number of carboxylic acids is 1. The van der Waals surface area contributed by atoms with E-state index in [1.807, 2.05) is 0 Å². The molecule has 0 saturated heterocycles. The Morgan fingerprint density at radius 3 is 2.57 bits per heavy atom. The van der Waals surface area contributed by atoms with Crippen LogP contribution in [-0.2, 0) is 10.7 Å².